The normalized spacial score (nSPS) is 11.1. The summed E-state index contributed by atoms with van der Waals surface area (Å²) in [5, 5.41) is 13.1. The lowest BCUT2D eigenvalue weighted by Crippen LogP contribution is -2.06. The van der Waals surface area contributed by atoms with E-state index in [0.717, 1.165) is 22.2 Å². The number of benzene rings is 2. The van der Waals surface area contributed by atoms with Crippen LogP contribution in [0.4, 0.5) is 5.69 Å². The highest BCUT2D eigenvalue weighted by Gasteiger charge is 2.16. The quantitative estimate of drug-likeness (QED) is 0.397. The van der Waals surface area contributed by atoms with Gasteiger partial charge in [0.25, 0.3) is 0 Å². The number of H-pyrrole nitrogens is 1. The summed E-state index contributed by atoms with van der Waals surface area (Å²) < 4.78 is 4.98. The summed E-state index contributed by atoms with van der Waals surface area (Å²) in [5.74, 6) is -0.823. The van der Waals surface area contributed by atoms with Crippen LogP contribution in [0.15, 0.2) is 54.1 Å². The molecule has 6 nitrogen and oxygen atoms in total. The van der Waals surface area contributed by atoms with Crippen molar-refractivity contribution < 1.29 is 14.3 Å². The molecular weight excluding hydrogens is 354 g/mol. The Bertz CT molecular complexity index is 1120. The Labute approximate surface area is 162 Å². The number of hydrogen-bond acceptors (Lipinski definition) is 4. The zero-order valence-electron chi connectivity index (χ0n) is 15.6. The molecule has 0 radical (unpaired) electrons. The largest absolute Gasteiger partial charge is 0.462 e. The van der Waals surface area contributed by atoms with E-state index in [1.807, 2.05) is 48.5 Å². The third kappa shape index (κ3) is 3.94. The molecule has 0 fully saturated rings. The molecule has 1 heterocycles. The lowest BCUT2D eigenvalue weighted by molar-refractivity contribution is -0.137. The number of rotatable bonds is 5. The zero-order valence-corrected chi connectivity index (χ0v) is 15.6. The Balaban J connectivity index is 2.19. The monoisotopic (exact) mass is 373 g/mol. The average Bonchev–Trinajstić information content (AvgIpc) is 3.04. The molecule has 3 aromatic rings. The van der Waals surface area contributed by atoms with Gasteiger partial charge in [-0.2, -0.15) is 5.26 Å². The summed E-state index contributed by atoms with van der Waals surface area (Å²) in [7, 11) is 0. The van der Waals surface area contributed by atoms with Gasteiger partial charge in [-0.3, -0.25) is 4.79 Å². The molecule has 0 aliphatic heterocycles. The van der Waals surface area contributed by atoms with E-state index in [2.05, 4.69) is 10.3 Å². The van der Waals surface area contributed by atoms with Crippen LogP contribution in [0, 0.1) is 11.3 Å². The Kier molecular flexibility index (Phi) is 5.56. The van der Waals surface area contributed by atoms with E-state index < -0.39 is 5.97 Å². The molecule has 0 atom stereocenters. The summed E-state index contributed by atoms with van der Waals surface area (Å²) in [4.78, 5) is 26.8. The van der Waals surface area contributed by atoms with Crippen LogP contribution in [0.1, 0.15) is 19.4 Å². The van der Waals surface area contributed by atoms with E-state index in [0.29, 0.717) is 11.3 Å². The van der Waals surface area contributed by atoms with Gasteiger partial charge in [-0.15, -0.1) is 0 Å². The van der Waals surface area contributed by atoms with Crippen molar-refractivity contribution in [3.05, 3.63) is 59.7 Å². The SMILES string of the molecule is CCOC(=O)/C(C#N)=C\c1c(-c2cccc(NC(C)=O)c2)[nH]c2ccccc12. The average molecular weight is 373 g/mol. The van der Waals surface area contributed by atoms with Crippen LogP contribution in [0.5, 0.6) is 0 Å². The molecule has 1 amide bonds. The van der Waals surface area contributed by atoms with Gasteiger partial charge < -0.3 is 15.0 Å². The van der Waals surface area contributed by atoms with Crippen molar-refractivity contribution in [2.45, 2.75) is 13.8 Å². The minimum atomic E-state index is -0.659. The molecule has 6 heteroatoms. The van der Waals surface area contributed by atoms with Crippen LogP contribution >= 0.6 is 0 Å². The lowest BCUT2D eigenvalue weighted by atomic mass is 10.0. The molecule has 140 valence electrons. The Hall–Kier alpha value is -3.85. The highest BCUT2D eigenvalue weighted by atomic mass is 16.5. The van der Waals surface area contributed by atoms with Gasteiger partial charge in [-0.1, -0.05) is 30.3 Å². The first kappa shape index (κ1) is 18.9. The van der Waals surface area contributed by atoms with Crippen molar-refractivity contribution in [2.75, 3.05) is 11.9 Å². The maximum Gasteiger partial charge on any atom is 0.348 e. The number of para-hydroxylation sites is 1. The van der Waals surface area contributed by atoms with Crippen LogP contribution in [0.25, 0.3) is 28.2 Å². The van der Waals surface area contributed by atoms with Crippen LogP contribution < -0.4 is 5.32 Å². The number of carbonyl (C=O) groups excluding carboxylic acids is 2. The molecule has 2 N–H and O–H groups in total. The molecule has 0 saturated carbocycles. The van der Waals surface area contributed by atoms with E-state index >= 15 is 0 Å². The smallest absolute Gasteiger partial charge is 0.348 e. The van der Waals surface area contributed by atoms with Gasteiger partial charge in [0, 0.05) is 34.6 Å². The van der Waals surface area contributed by atoms with Crippen LogP contribution in [-0.2, 0) is 14.3 Å². The number of ether oxygens (including phenoxy) is 1. The second-order valence-corrected chi connectivity index (χ2v) is 6.11. The third-order valence-corrected chi connectivity index (χ3v) is 4.12. The molecule has 1 aromatic heterocycles. The summed E-state index contributed by atoms with van der Waals surface area (Å²) in [5.41, 5.74) is 3.71. The molecule has 28 heavy (non-hydrogen) atoms. The van der Waals surface area contributed by atoms with E-state index in [1.165, 1.54) is 13.0 Å². The fraction of sp³-hybridized carbons (Fsp3) is 0.136. The number of aromatic nitrogens is 1. The number of fused-ring (bicyclic) bond motifs is 1. The van der Waals surface area contributed by atoms with E-state index in [4.69, 9.17) is 4.74 Å². The lowest BCUT2D eigenvalue weighted by Gasteiger charge is -2.06. The predicted octanol–water partition coefficient (Wildman–Crippen LogP) is 4.26. The van der Waals surface area contributed by atoms with Crippen molar-refractivity contribution in [2.24, 2.45) is 0 Å². The number of aromatic amines is 1. The maximum absolute atomic E-state index is 12.1. The molecule has 0 bridgehead atoms. The second kappa shape index (κ2) is 8.23. The van der Waals surface area contributed by atoms with Gasteiger partial charge in [0.15, 0.2) is 0 Å². The number of esters is 1. The number of anilines is 1. The molecular formula is C22H19N3O3. The number of nitriles is 1. The minimum absolute atomic E-state index is 0.0779. The fourth-order valence-electron chi connectivity index (χ4n) is 2.99. The Morgan fingerprint density at radius 2 is 2.00 bits per heavy atom. The molecule has 0 unspecified atom stereocenters. The van der Waals surface area contributed by atoms with Gasteiger partial charge in [-0.25, -0.2) is 4.79 Å². The third-order valence-electron chi connectivity index (χ3n) is 4.12. The van der Waals surface area contributed by atoms with Gasteiger partial charge in [0.1, 0.15) is 11.6 Å². The van der Waals surface area contributed by atoms with Gasteiger partial charge in [-0.05, 0) is 31.2 Å². The van der Waals surface area contributed by atoms with Gasteiger partial charge in [0.2, 0.25) is 5.91 Å². The molecule has 0 saturated heterocycles. The number of nitrogens with zero attached hydrogens (tertiary/aromatic N) is 1. The topological polar surface area (TPSA) is 95.0 Å². The highest BCUT2D eigenvalue weighted by Crippen LogP contribution is 2.33. The standard InChI is InChI=1S/C22H19N3O3/c1-3-28-22(27)16(13-23)12-19-18-9-4-5-10-20(18)25-21(19)15-7-6-8-17(11-15)24-14(2)26/h4-12,25H,3H2,1-2H3,(H,24,26)/b16-12-. The molecule has 3 rings (SSSR count). The summed E-state index contributed by atoms with van der Waals surface area (Å²) in [6.45, 7) is 3.33. The molecule has 2 aromatic carbocycles. The maximum atomic E-state index is 12.1. The van der Waals surface area contributed by atoms with Crippen LogP contribution in [0.2, 0.25) is 0 Å². The second-order valence-electron chi connectivity index (χ2n) is 6.11. The van der Waals surface area contributed by atoms with Crippen molar-refractivity contribution >= 4 is 34.5 Å². The number of amides is 1. The number of hydrogen-bond donors (Lipinski definition) is 2. The van der Waals surface area contributed by atoms with Crippen LogP contribution in [0.3, 0.4) is 0 Å². The van der Waals surface area contributed by atoms with Crippen molar-refractivity contribution in [3.8, 4) is 17.3 Å². The van der Waals surface area contributed by atoms with Gasteiger partial charge in [0.05, 0.1) is 12.3 Å². The zero-order chi connectivity index (χ0) is 20.1. The van der Waals surface area contributed by atoms with Gasteiger partial charge >= 0.3 is 5.97 Å². The van der Waals surface area contributed by atoms with Crippen molar-refractivity contribution in [3.63, 3.8) is 0 Å². The molecule has 0 aliphatic carbocycles. The van der Waals surface area contributed by atoms with E-state index in [1.54, 1.807) is 13.0 Å². The van der Waals surface area contributed by atoms with E-state index in [-0.39, 0.29) is 18.1 Å². The Morgan fingerprint density at radius 1 is 1.21 bits per heavy atom. The Morgan fingerprint density at radius 3 is 2.71 bits per heavy atom. The fourth-order valence-corrected chi connectivity index (χ4v) is 2.99. The summed E-state index contributed by atoms with van der Waals surface area (Å²) in [6, 6.07) is 16.9. The number of nitrogens with one attached hydrogen (secondary N) is 2. The van der Waals surface area contributed by atoms with Crippen LogP contribution in [-0.4, -0.2) is 23.5 Å². The predicted molar refractivity (Wildman–Crippen MR) is 108 cm³/mol. The first-order valence-corrected chi connectivity index (χ1v) is 8.81. The highest BCUT2D eigenvalue weighted by molar-refractivity contribution is 6.04. The minimum Gasteiger partial charge on any atom is -0.462 e. The first-order chi connectivity index (χ1) is 13.5. The number of carbonyl (C=O) groups is 2. The molecule has 0 aliphatic rings. The first-order valence-electron chi connectivity index (χ1n) is 8.81. The summed E-state index contributed by atoms with van der Waals surface area (Å²) in [6.07, 6.45) is 1.54. The molecule has 0 spiro atoms. The van der Waals surface area contributed by atoms with Crippen molar-refractivity contribution in [1.82, 2.24) is 4.98 Å². The van der Waals surface area contributed by atoms with E-state index in [9.17, 15) is 14.9 Å². The van der Waals surface area contributed by atoms with Crippen molar-refractivity contribution in [1.29, 1.82) is 5.26 Å². The summed E-state index contributed by atoms with van der Waals surface area (Å²) >= 11 is 0.